The predicted octanol–water partition coefficient (Wildman–Crippen LogP) is 0.651. The van der Waals surface area contributed by atoms with Crippen LogP contribution < -0.4 is 5.73 Å². The van der Waals surface area contributed by atoms with Gasteiger partial charge in [-0.05, 0) is 37.6 Å². The molecule has 1 aromatic heterocycles. The first kappa shape index (κ1) is 12.5. The summed E-state index contributed by atoms with van der Waals surface area (Å²) >= 11 is 0. The minimum absolute atomic E-state index is 0.238. The molecule has 0 bridgehead atoms. The number of aromatic nitrogens is 1. The number of nitrogens with two attached hydrogens (primary N) is 1. The highest BCUT2D eigenvalue weighted by atomic mass is 16.1. The van der Waals surface area contributed by atoms with E-state index in [0.29, 0.717) is 12.2 Å². The number of nitrogens with zero attached hydrogens (tertiary/aromatic N) is 3. The third-order valence-corrected chi connectivity index (χ3v) is 3.49. The average Bonchev–Trinajstić information content (AvgIpc) is 2.72. The number of nitriles is 1. The minimum Gasteiger partial charge on any atom is -0.369 e. The Labute approximate surface area is 106 Å². The standard InChI is InChI=1S/C13H16N4O/c1-13(12(15)18)3-5-17(9-13)8-10-2-4-16-11(6-10)7-14/h2,4,6H,3,5,8-9H2,1H3,(H2,15,18). The summed E-state index contributed by atoms with van der Waals surface area (Å²) in [7, 11) is 0. The Morgan fingerprint density at radius 2 is 2.50 bits per heavy atom. The lowest BCUT2D eigenvalue weighted by molar-refractivity contribution is -0.126. The SMILES string of the molecule is CC1(C(N)=O)CCN(Cc2ccnc(C#N)c2)C1. The molecule has 1 saturated heterocycles. The first-order chi connectivity index (χ1) is 8.53. The van der Waals surface area contributed by atoms with Crippen LogP contribution in [0.2, 0.25) is 0 Å². The van der Waals surface area contributed by atoms with Crippen molar-refractivity contribution in [2.45, 2.75) is 19.9 Å². The molecule has 1 unspecified atom stereocenters. The summed E-state index contributed by atoms with van der Waals surface area (Å²) in [6.07, 6.45) is 2.43. The lowest BCUT2D eigenvalue weighted by Gasteiger charge is -2.21. The third-order valence-electron chi connectivity index (χ3n) is 3.49. The molecule has 18 heavy (non-hydrogen) atoms. The zero-order valence-corrected chi connectivity index (χ0v) is 10.4. The molecule has 1 aromatic rings. The number of likely N-dealkylation sites (tertiary alicyclic amines) is 1. The number of primary amides is 1. The number of pyridine rings is 1. The van der Waals surface area contributed by atoms with E-state index < -0.39 is 5.41 Å². The highest BCUT2D eigenvalue weighted by molar-refractivity contribution is 5.81. The molecule has 2 N–H and O–H groups in total. The second-order valence-corrected chi connectivity index (χ2v) is 5.05. The fourth-order valence-corrected chi connectivity index (χ4v) is 2.28. The summed E-state index contributed by atoms with van der Waals surface area (Å²) in [6, 6.07) is 5.69. The van der Waals surface area contributed by atoms with E-state index >= 15 is 0 Å². The van der Waals surface area contributed by atoms with Gasteiger partial charge in [-0.15, -0.1) is 0 Å². The first-order valence-corrected chi connectivity index (χ1v) is 5.91. The molecule has 94 valence electrons. The van der Waals surface area contributed by atoms with Crippen LogP contribution in [-0.4, -0.2) is 28.9 Å². The minimum atomic E-state index is -0.426. The molecule has 0 aromatic carbocycles. The number of amides is 1. The molecule has 0 aliphatic carbocycles. The lowest BCUT2D eigenvalue weighted by Crippen LogP contribution is -2.36. The summed E-state index contributed by atoms with van der Waals surface area (Å²) in [4.78, 5) is 17.5. The van der Waals surface area contributed by atoms with E-state index in [0.717, 1.165) is 25.1 Å². The van der Waals surface area contributed by atoms with Gasteiger partial charge in [0.05, 0.1) is 5.41 Å². The zero-order valence-electron chi connectivity index (χ0n) is 10.4. The highest BCUT2D eigenvalue weighted by Gasteiger charge is 2.38. The second kappa shape index (κ2) is 4.75. The summed E-state index contributed by atoms with van der Waals surface area (Å²) in [6.45, 7) is 4.15. The molecule has 0 radical (unpaired) electrons. The maximum absolute atomic E-state index is 11.4. The molecule has 5 nitrogen and oxygen atoms in total. The Kier molecular flexibility index (Phi) is 3.30. The van der Waals surface area contributed by atoms with Crippen molar-refractivity contribution in [1.29, 1.82) is 5.26 Å². The average molecular weight is 244 g/mol. The van der Waals surface area contributed by atoms with Gasteiger partial charge in [-0.2, -0.15) is 5.26 Å². The van der Waals surface area contributed by atoms with Crippen molar-refractivity contribution in [3.05, 3.63) is 29.6 Å². The molecule has 1 aliphatic rings. The fraction of sp³-hybridized carbons (Fsp3) is 0.462. The van der Waals surface area contributed by atoms with Gasteiger partial charge in [-0.1, -0.05) is 0 Å². The smallest absolute Gasteiger partial charge is 0.224 e. The van der Waals surface area contributed by atoms with Crippen molar-refractivity contribution in [3.63, 3.8) is 0 Å². The van der Waals surface area contributed by atoms with Gasteiger partial charge in [0, 0.05) is 19.3 Å². The normalized spacial score (nSPS) is 23.8. The molecular weight excluding hydrogens is 228 g/mol. The summed E-state index contributed by atoms with van der Waals surface area (Å²) in [5.74, 6) is -0.238. The highest BCUT2D eigenvalue weighted by Crippen LogP contribution is 2.30. The second-order valence-electron chi connectivity index (χ2n) is 5.05. The van der Waals surface area contributed by atoms with Gasteiger partial charge in [0.1, 0.15) is 11.8 Å². The fourth-order valence-electron chi connectivity index (χ4n) is 2.28. The van der Waals surface area contributed by atoms with Crippen LogP contribution in [0.15, 0.2) is 18.3 Å². The maximum atomic E-state index is 11.4. The van der Waals surface area contributed by atoms with Crippen molar-refractivity contribution in [1.82, 2.24) is 9.88 Å². The van der Waals surface area contributed by atoms with Crippen LogP contribution >= 0.6 is 0 Å². The summed E-state index contributed by atoms with van der Waals surface area (Å²) in [5, 5.41) is 8.79. The van der Waals surface area contributed by atoms with Gasteiger partial charge in [0.2, 0.25) is 5.91 Å². The zero-order chi connectivity index (χ0) is 13.2. The van der Waals surface area contributed by atoms with Crippen LogP contribution in [0.3, 0.4) is 0 Å². The molecule has 1 fully saturated rings. The van der Waals surface area contributed by atoms with E-state index in [1.165, 1.54) is 0 Å². The molecule has 1 amide bonds. The number of carbonyl (C=O) groups excluding carboxylic acids is 1. The van der Waals surface area contributed by atoms with E-state index in [-0.39, 0.29) is 5.91 Å². The van der Waals surface area contributed by atoms with Crippen LogP contribution in [0.4, 0.5) is 0 Å². The van der Waals surface area contributed by atoms with E-state index in [9.17, 15) is 4.79 Å². The molecular formula is C13H16N4O. The van der Waals surface area contributed by atoms with E-state index in [1.54, 1.807) is 12.3 Å². The molecule has 5 heteroatoms. The topological polar surface area (TPSA) is 83.0 Å². The van der Waals surface area contributed by atoms with E-state index in [4.69, 9.17) is 11.0 Å². The molecule has 1 aliphatic heterocycles. The van der Waals surface area contributed by atoms with Crippen molar-refractivity contribution in [2.75, 3.05) is 13.1 Å². The number of hydrogen-bond acceptors (Lipinski definition) is 4. The van der Waals surface area contributed by atoms with E-state index in [2.05, 4.69) is 9.88 Å². The van der Waals surface area contributed by atoms with E-state index in [1.807, 2.05) is 19.1 Å². The van der Waals surface area contributed by atoms with Crippen molar-refractivity contribution in [2.24, 2.45) is 11.1 Å². The quantitative estimate of drug-likeness (QED) is 0.846. The van der Waals surface area contributed by atoms with Gasteiger partial charge in [-0.25, -0.2) is 4.98 Å². The van der Waals surface area contributed by atoms with Crippen LogP contribution in [-0.2, 0) is 11.3 Å². The first-order valence-electron chi connectivity index (χ1n) is 5.91. The van der Waals surface area contributed by atoms with Crippen molar-refractivity contribution < 1.29 is 4.79 Å². The van der Waals surface area contributed by atoms with Gasteiger partial charge in [-0.3, -0.25) is 9.69 Å². The van der Waals surface area contributed by atoms with Gasteiger partial charge >= 0.3 is 0 Å². The Bertz CT molecular complexity index is 508. The van der Waals surface area contributed by atoms with Crippen molar-refractivity contribution in [3.8, 4) is 6.07 Å². The van der Waals surface area contributed by atoms with Crippen LogP contribution in [0.1, 0.15) is 24.6 Å². The van der Waals surface area contributed by atoms with Crippen molar-refractivity contribution >= 4 is 5.91 Å². The Morgan fingerprint density at radius 3 is 3.11 bits per heavy atom. The van der Waals surface area contributed by atoms with Crippen LogP contribution in [0, 0.1) is 16.7 Å². The number of carbonyl (C=O) groups is 1. The summed E-state index contributed by atoms with van der Waals surface area (Å²) in [5.41, 5.74) is 6.45. The third kappa shape index (κ3) is 2.49. The number of rotatable bonds is 3. The Balaban J connectivity index is 2.04. The summed E-state index contributed by atoms with van der Waals surface area (Å²) < 4.78 is 0. The molecule has 0 saturated carbocycles. The van der Waals surface area contributed by atoms with Crippen LogP contribution in [0.5, 0.6) is 0 Å². The van der Waals surface area contributed by atoms with Crippen LogP contribution in [0.25, 0.3) is 0 Å². The molecule has 2 rings (SSSR count). The number of hydrogen-bond donors (Lipinski definition) is 1. The monoisotopic (exact) mass is 244 g/mol. The predicted molar refractivity (Wildman–Crippen MR) is 66.1 cm³/mol. The molecule has 1 atom stereocenters. The van der Waals surface area contributed by atoms with Gasteiger partial charge in [0.15, 0.2) is 0 Å². The molecule has 2 heterocycles. The lowest BCUT2D eigenvalue weighted by atomic mass is 9.89. The van der Waals surface area contributed by atoms with Gasteiger partial charge in [0.25, 0.3) is 0 Å². The molecule has 0 spiro atoms. The Morgan fingerprint density at radius 1 is 1.72 bits per heavy atom. The van der Waals surface area contributed by atoms with Gasteiger partial charge < -0.3 is 5.73 Å². The Hall–Kier alpha value is -1.93. The maximum Gasteiger partial charge on any atom is 0.224 e. The largest absolute Gasteiger partial charge is 0.369 e.